The molecule has 0 bridgehead atoms. The van der Waals surface area contributed by atoms with Crippen molar-refractivity contribution in [1.29, 1.82) is 5.26 Å². The lowest BCUT2D eigenvalue weighted by Gasteiger charge is -2.30. The largest absolute Gasteiger partial charge is 0.374 e. The smallest absolute Gasteiger partial charge is 0.127 e. The molecule has 1 fully saturated rings. The predicted molar refractivity (Wildman–Crippen MR) is 67.3 cm³/mol. The first kappa shape index (κ1) is 12.3. The normalized spacial score (nSPS) is 21.1. The monoisotopic (exact) mass is 252 g/mol. The van der Waals surface area contributed by atoms with Gasteiger partial charge in [0.2, 0.25) is 0 Å². The second-order valence-corrected chi connectivity index (χ2v) is 4.99. The van der Waals surface area contributed by atoms with Gasteiger partial charge in [0.05, 0.1) is 18.4 Å². The Morgan fingerprint density at radius 1 is 1.71 bits per heavy atom. The van der Waals surface area contributed by atoms with Crippen LogP contribution in [0.1, 0.15) is 11.3 Å². The van der Waals surface area contributed by atoms with E-state index in [0.29, 0.717) is 5.56 Å². The number of nitrogens with zero attached hydrogens (tertiary/aromatic N) is 3. The molecule has 1 aliphatic rings. The third kappa shape index (κ3) is 2.94. The van der Waals surface area contributed by atoms with E-state index in [9.17, 15) is 0 Å². The standard InChI is InChI=1S/C11H16N4OS/c1-8-10(5-12)11(17-14-8)13-6-9-7-15(2)3-4-16-9/h9,13H,3-4,6-7H2,1-2H3. The molecule has 5 nitrogen and oxygen atoms in total. The van der Waals surface area contributed by atoms with Crippen LogP contribution in [0.25, 0.3) is 0 Å². The zero-order chi connectivity index (χ0) is 12.3. The third-order valence-electron chi connectivity index (χ3n) is 2.81. The van der Waals surface area contributed by atoms with Gasteiger partial charge in [-0.3, -0.25) is 0 Å². The van der Waals surface area contributed by atoms with E-state index in [1.165, 1.54) is 11.5 Å². The third-order valence-corrected chi connectivity index (χ3v) is 3.70. The van der Waals surface area contributed by atoms with Crippen molar-refractivity contribution in [2.45, 2.75) is 13.0 Å². The van der Waals surface area contributed by atoms with Gasteiger partial charge in [-0.05, 0) is 25.5 Å². The van der Waals surface area contributed by atoms with Gasteiger partial charge in [-0.25, -0.2) is 0 Å². The molecule has 0 radical (unpaired) electrons. The molecule has 0 aliphatic carbocycles. The number of hydrogen-bond acceptors (Lipinski definition) is 6. The molecule has 1 aliphatic heterocycles. The topological polar surface area (TPSA) is 61.2 Å². The van der Waals surface area contributed by atoms with E-state index < -0.39 is 0 Å². The summed E-state index contributed by atoms with van der Waals surface area (Å²) in [5.74, 6) is 0. The number of nitriles is 1. The molecule has 0 aromatic carbocycles. The summed E-state index contributed by atoms with van der Waals surface area (Å²) in [6, 6.07) is 2.17. The molecule has 1 atom stereocenters. The van der Waals surface area contributed by atoms with Gasteiger partial charge >= 0.3 is 0 Å². The summed E-state index contributed by atoms with van der Waals surface area (Å²) in [5.41, 5.74) is 1.45. The molecule has 6 heteroatoms. The Morgan fingerprint density at radius 3 is 3.24 bits per heavy atom. The van der Waals surface area contributed by atoms with Crippen LogP contribution in [0.5, 0.6) is 0 Å². The first-order chi connectivity index (χ1) is 8.20. The van der Waals surface area contributed by atoms with E-state index in [2.05, 4.69) is 27.7 Å². The number of anilines is 1. The number of aryl methyl sites for hydroxylation is 1. The minimum atomic E-state index is 0.183. The lowest BCUT2D eigenvalue weighted by molar-refractivity contribution is -0.0116. The Balaban J connectivity index is 1.91. The molecule has 0 saturated carbocycles. The van der Waals surface area contributed by atoms with Crippen LogP contribution in [-0.4, -0.2) is 48.7 Å². The number of morpholine rings is 1. The van der Waals surface area contributed by atoms with Gasteiger partial charge in [-0.2, -0.15) is 9.64 Å². The van der Waals surface area contributed by atoms with Gasteiger partial charge in [0.15, 0.2) is 0 Å². The summed E-state index contributed by atoms with van der Waals surface area (Å²) >= 11 is 1.34. The van der Waals surface area contributed by atoms with E-state index in [4.69, 9.17) is 10.00 Å². The SMILES string of the molecule is Cc1nsc(NCC2CN(C)CCO2)c1C#N. The van der Waals surface area contributed by atoms with E-state index in [1.807, 2.05) is 6.92 Å². The van der Waals surface area contributed by atoms with Gasteiger partial charge in [-0.15, -0.1) is 0 Å². The maximum absolute atomic E-state index is 9.00. The Kier molecular flexibility index (Phi) is 3.94. The summed E-state index contributed by atoms with van der Waals surface area (Å²) in [6.45, 7) is 5.26. The number of aromatic nitrogens is 1. The van der Waals surface area contributed by atoms with Crippen molar-refractivity contribution in [2.75, 3.05) is 38.6 Å². The van der Waals surface area contributed by atoms with E-state index in [1.54, 1.807) is 0 Å². The van der Waals surface area contributed by atoms with E-state index in [-0.39, 0.29) is 6.10 Å². The van der Waals surface area contributed by atoms with Gasteiger partial charge in [0.25, 0.3) is 0 Å². The molecule has 2 heterocycles. The van der Waals surface area contributed by atoms with Crippen LogP contribution < -0.4 is 5.32 Å². The van der Waals surface area contributed by atoms with Crippen LogP contribution in [0, 0.1) is 18.3 Å². The maximum Gasteiger partial charge on any atom is 0.127 e. The van der Waals surface area contributed by atoms with Crippen molar-refractivity contribution in [3.63, 3.8) is 0 Å². The van der Waals surface area contributed by atoms with Crippen LogP contribution in [0.2, 0.25) is 0 Å². The van der Waals surface area contributed by atoms with E-state index >= 15 is 0 Å². The van der Waals surface area contributed by atoms with Crippen molar-refractivity contribution >= 4 is 16.5 Å². The molecular weight excluding hydrogens is 236 g/mol. The zero-order valence-corrected chi connectivity index (χ0v) is 10.9. The molecule has 1 aromatic heterocycles. The first-order valence-corrected chi connectivity index (χ1v) is 6.38. The molecule has 17 heavy (non-hydrogen) atoms. The van der Waals surface area contributed by atoms with Gasteiger partial charge < -0.3 is 15.0 Å². The fourth-order valence-electron chi connectivity index (χ4n) is 1.82. The highest BCUT2D eigenvalue weighted by Crippen LogP contribution is 2.23. The Hall–Kier alpha value is -1.16. The minimum absolute atomic E-state index is 0.183. The first-order valence-electron chi connectivity index (χ1n) is 5.61. The quantitative estimate of drug-likeness (QED) is 0.871. The van der Waals surface area contributed by atoms with Crippen molar-refractivity contribution in [1.82, 2.24) is 9.27 Å². The molecule has 1 saturated heterocycles. The Morgan fingerprint density at radius 2 is 2.53 bits per heavy atom. The summed E-state index contributed by atoms with van der Waals surface area (Å²) in [4.78, 5) is 2.25. The van der Waals surface area contributed by atoms with Gasteiger partial charge in [0, 0.05) is 19.6 Å². The number of ether oxygens (including phenoxy) is 1. The predicted octanol–water partition coefficient (Wildman–Crippen LogP) is 1.07. The fourth-order valence-corrected chi connectivity index (χ4v) is 2.57. The molecule has 0 spiro atoms. The van der Waals surface area contributed by atoms with Crippen LogP contribution in [0.3, 0.4) is 0 Å². The number of likely N-dealkylation sites (N-methyl/N-ethyl adjacent to an activating group) is 1. The Bertz CT molecular complexity index is 426. The lowest BCUT2D eigenvalue weighted by atomic mass is 10.2. The highest BCUT2D eigenvalue weighted by Gasteiger charge is 2.18. The maximum atomic E-state index is 9.00. The molecule has 1 aromatic rings. The number of hydrogen-bond donors (Lipinski definition) is 1. The molecule has 1 unspecified atom stereocenters. The second kappa shape index (κ2) is 5.45. The Labute approximate surface area is 105 Å². The summed E-state index contributed by atoms with van der Waals surface area (Å²) in [7, 11) is 2.09. The van der Waals surface area contributed by atoms with Crippen molar-refractivity contribution in [3.8, 4) is 6.07 Å². The zero-order valence-electron chi connectivity index (χ0n) is 10.1. The van der Waals surface area contributed by atoms with E-state index in [0.717, 1.165) is 36.9 Å². The van der Waals surface area contributed by atoms with Crippen molar-refractivity contribution in [2.24, 2.45) is 0 Å². The van der Waals surface area contributed by atoms with Gasteiger partial charge in [0.1, 0.15) is 16.6 Å². The molecule has 2 rings (SSSR count). The van der Waals surface area contributed by atoms with Crippen molar-refractivity contribution in [3.05, 3.63) is 11.3 Å². The molecule has 92 valence electrons. The fraction of sp³-hybridized carbons (Fsp3) is 0.636. The summed E-state index contributed by atoms with van der Waals surface area (Å²) in [5, 5.41) is 13.1. The van der Waals surface area contributed by atoms with Gasteiger partial charge in [-0.1, -0.05) is 0 Å². The average molecular weight is 252 g/mol. The highest BCUT2D eigenvalue weighted by molar-refractivity contribution is 7.10. The number of nitrogens with one attached hydrogen (secondary N) is 1. The van der Waals surface area contributed by atoms with Crippen LogP contribution in [0.4, 0.5) is 5.00 Å². The molecule has 1 N–H and O–H groups in total. The van der Waals surface area contributed by atoms with Crippen molar-refractivity contribution < 1.29 is 4.74 Å². The molecule has 0 amide bonds. The summed E-state index contributed by atoms with van der Waals surface area (Å²) in [6.07, 6.45) is 0.183. The number of rotatable bonds is 3. The van der Waals surface area contributed by atoms with Crippen LogP contribution in [-0.2, 0) is 4.74 Å². The minimum Gasteiger partial charge on any atom is -0.374 e. The highest BCUT2D eigenvalue weighted by atomic mass is 32.1. The molecular formula is C11H16N4OS. The van der Waals surface area contributed by atoms with Crippen LogP contribution >= 0.6 is 11.5 Å². The summed E-state index contributed by atoms with van der Waals surface area (Å²) < 4.78 is 9.82. The van der Waals surface area contributed by atoms with Crippen LogP contribution in [0.15, 0.2) is 0 Å². The second-order valence-electron chi connectivity index (χ2n) is 4.22. The lowest BCUT2D eigenvalue weighted by Crippen LogP contribution is -2.43. The average Bonchev–Trinajstić information content (AvgIpc) is 2.67.